The molecule has 16 heteroatoms. The molecule has 0 radical (unpaired) electrons. The predicted octanol–water partition coefficient (Wildman–Crippen LogP) is 8.03. The SMILES string of the molecule is COC(=O)NC(C(=O)N1CCCC1c1ncc(-c2ccc3c(c2)cc2n3C(c3ccccc3)Oc3cc(-c4cnc(C5CCCN5C(=O)C(NC(=O)O)C(C)C)[nH]4)ccc3-2)[nH]1)C(C)C. The second-order valence-corrected chi connectivity index (χ2v) is 17.5. The van der Waals surface area contributed by atoms with E-state index >= 15 is 0 Å². The maximum atomic E-state index is 13.8. The Morgan fingerprint density at radius 1 is 0.766 bits per heavy atom. The molecule has 16 nitrogen and oxygen atoms in total. The highest BCUT2D eigenvalue weighted by atomic mass is 16.5. The van der Waals surface area contributed by atoms with E-state index in [-0.39, 0.29) is 35.7 Å². The van der Waals surface area contributed by atoms with E-state index in [1.165, 1.54) is 7.11 Å². The molecule has 6 heterocycles. The van der Waals surface area contributed by atoms with E-state index in [1.807, 2.05) is 69.1 Å². The highest BCUT2D eigenvalue weighted by molar-refractivity contribution is 5.93. The smallest absolute Gasteiger partial charge is 0.407 e. The van der Waals surface area contributed by atoms with Crippen LogP contribution in [-0.4, -0.2) is 95.7 Å². The molecule has 3 aromatic heterocycles. The van der Waals surface area contributed by atoms with Crippen molar-refractivity contribution in [3.8, 4) is 39.5 Å². The van der Waals surface area contributed by atoms with Crippen molar-refractivity contribution in [3.05, 3.63) is 102 Å². The van der Waals surface area contributed by atoms with Crippen LogP contribution in [0.2, 0.25) is 0 Å². The number of hydrogen-bond acceptors (Lipinski definition) is 8. The number of methoxy groups -OCH3 is 1. The van der Waals surface area contributed by atoms with E-state index < -0.39 is 30.5 Å². The number of carbonyl (C=O) groups is 4. The van der Waals surface area contributed by atoms with Gasteiger partial charge in [-0.3, -0.25) is 9.59 Å². The van der Waals surface area contributed by atoms with Crippen LogP contribution >= 0.6 is 0 Å². The first-order valence-electron chi connectivity index (χ1n) is 22.0. The molecule has 5 N–H and O–H groups in total. The molecule has 6 aromatic rings. The number of H-pyrrole nitrogens is 2. The van der Waals surface area contributed by atoms with Gasteiger partial charge in [-0.1, -0.05) is 70.2 Å². The summed E-state index contributed by atoms with van der Waals surface area (Å²) in [5, 5.41) is 15.5. The van der Waals surface area contributed by atoms with E-state index in [4.69, 9.17) is 19.4 Å². The van der Waals surface area contributed by atoms with Gasteiger partial charge in [-0.25, -0.2) is 19.6 Å². The van der Waals surface area contributed by atoms with Crippen molar-refractivity contribution in [2.45, 2.75) is 83.8 Å². The van der Waals surface area contributed by atoms with Crippen molar-refractivity contribution >= 4 is 34.9 Å². The molecule has 2 fully saturated rings. The van der Waals surface area contributed by atoms with Crippen LogP contribution in [0.3, 0.4) is 0 Å². The average molecular weight is 868 g/mol. The third kappa shape index (κ3) is 7.81. The number of alkyl carbamates (subject to hydrolysis) is 1. The highest BCUT2D eigenvalue weighted by Crippen LogP contribution is 2.46. The Morgan fingerprint density at radius 3 is 1.92 bits per heavy atom. The van der Waals surface area contributed by atoms with Crippen molar-refractivity contribution in [1.29, 1.82) is 0 Å². The number of carboxylic acid groups (broad SMARTS) is 1. The van der Waals surface area contributed by atoms with Crippen molar-refractivity contribution in [1.82, 2.24) is 44.9 Å². The molecule has 3 aliphatic rings. The minimum Gasteiger partial charge on any atom is -0.465 e. The Balaban J connectivity index is 1.01. The summed E-state index contributed by atoms with van der Waals surface area (Å²) < 4.78 is 13.9. The first kappa shape index (κ1) is 42.2. The van der Waals surface area contributed by atoms with Crippen LogP contribution in [0.5, 0.6) is 5.75 Å². The molecule has 5 unspecified atom stereocenters. The Kier molecular flexibility index (Phi) is 11.4. The second-order valence-electron chi connectivity index (χ2n) is 17.5. The molecule has 3 aliphatic heterocycles. The molecule has 0 spiro atoms. The largest absolute Gasteiger partial charge is 0.465 e. The molecular weight excluding hydrogens is 815 g/mol. The number of imidazole rings is 2. The summed E-state index contributed by atoms with van der Waals surface area (Å²) in [5.74, 6) is 1.32. The number of aromatic amines is 2. The van der Waals surface area contributed by atoms with Crippen LogP contribution in [0, 0.1) is 11.8 Å². The van der Waals surface area contributed by atoms with Crippen LogP contribution in [-0.2, 0) is 14.3 Å². The molecule has 5 atom stereocenters. The standard InChI is InChI=1S/C48H53N9O7/c1-26(2)40(53-47(60)61)44(58)55-19-9-13-36(55)43-50-25-34(52-43)30-15-17-32-38-22-31-21-29(16-18-35(31)57(38)46(64-39(32)23-30)28-11-7-6-8-12-28)33-24-49-42(51-33)37-14-10-20-56(37)45(59)41(27(3)4)54-48(62)63-5/h6-8,11-12,15-18,21-27,36-37,40-41,46,53H,9-10,13-14,19-20H2,1-5H3,(H,49,51)(H,50,52)(H,54,62)(H,60,61). The normalized spacial score (nSPS) is 19.0. The lowest BCUT2D eigenvalue weighted by Gasteiger charge is -2.30. The van der Waals surface area contributed by atoms with Gasteiger partial charge in [0.25, 0.3) is 0 Å². The zero-order chi connectivity index (χ0) is 44.8. The van der Waals surface area contributed by atoms with Crippen molar-refractivity contribution < 1.29 is 33.8 Å². The zero-order valence-corrected chi connectivity index (χ0v) is 36.5. The molecule has 0 aliphatic carbocycles. The summed E-state index contributed by atoms with van der Waals surface area (Å²) in [7, 11) is 1.29. The van der Waals surface area contributed by atoms with Gasteiger partial charge in [0.1, 0.15) is 29.5 Å². The molecule has 9 rings (SSSR count). The summed E-state index contributed by atoms with van der Waals surface area (Å²) in [6.45, 7) is 8.56. The number of carbonyl (C=O) groups excluding carboxylic acids is 3. The number of likely N-dealkylation sites (tertiary alicyclic amines) is 2. The van der Waals surface area contributed by atoms with Gasteiger partial charge in [0.15, 0.2) is 0 Å². The van der Waals surface area contributed by atoms with E-state index in [0.29, 0.717) is 36.9 Å². The lowest BCUT2D eigenvalue weighted by molar-refractivity contribution is -0.136. The first-order chi connectivity index (χ1) is 30.9. The van der Waals surface area contributed by atoms with E-state index in [2.05, 4.69) is 67.6 Å². The van der Waals surface area contributed by atoms with Gasteiger partial charge in [-0.2, -0.15) is 0 Å². The summed E-state index contributed by atoms with van der Waals surface area (Å²) in [4.78, 5) is 71.0. The fourth-order valence-electron chi connectivity index (χ4n) is 9.51. The number of amides is 4. The third-order valence-corrected chi connectivity index (χ3v) is 12.8. The van der Waals surface area contributed by atoms with Gasteiger partial charge in [0.2, 0.25) is 18.0 Å². The second kappa shape index (κ2) is 17.2. The maximum absolute atomic E-state index is 13.8. The van der Waals surface area contributed by atoms with Crippen molar-refractivity contribution in [2.75, 3.05) is 20.2 Å². The molecule has 4 amide bonds. The van der Waals surface area contributed by atoms with Gasteiger partial charge < -0.3 is 49.5 Å². The summed E-state index contributed by atoms with van der Waals surface area (Å²) in [6.07, 6.45) is 4.35. The van der Waals surface area contributed by atoms with Gasteiger partial charge in [0, 0.05) is 40.7 Å². The van der Waals surface area contributed by atoms with Gasteiger partial charge >= 0.3 is 12.2 Å². The number of rotatable bonds is 11. The number of hydrogen-bond donors (Lipinski definition) is 5. The Labute approximate surface area is 370 Å². The zero-order valence-electron chi connectivity index (χ0n) is 36.5. The van der Waals surface area contributed by atoms with Crippen LogP contribution in [0.4, 0.5) is 9.59 Å². The molecule has 3 aromatic carbocycles. The molecule has 64 heavy (non-hydrogen) atoms. The van der Waals surface area contributed by atoms with Crippen LogP contribution < -0.4 is 15.4 Å². The van der Waals surface area contributed by atoms with Crippen LogP contribution in [0.25, 0.3) is 44.7 Å². The molecule has 0 saturated carbocycles. The minimum atomic E-state index is -1.22. The Bertz CT molecular complexity index is 2720. The molecule has 2 saturated heterocycles. The van der Waals surface area contributed by atoms with Gasteiger partial charge in [-0.15, -0.1) is 0 Å². The average Bonchev–Trinajstić information content (AvgIpc) is 4.15. The summed E-state index contributed by atoms with van der Waals surface area (Å²) in [6, 6.07) is 22.6. The van der Waals surface area contributed by atoms with E-state index in [1.54, 1.807) is 11.1 Å². The fraction of sp³-hybridized carbons (Fsp3) is 0.375. The minimum absolute atomic E-state index is 0.130. The number of nitrogens with one attached hydrogen (secondary N) is 4. The van der Waals surface area contributed by atoms with Gasteiger partial charge in [-0.05, 0) is 67.9 Å². The van der Waals surface area contributed by atoms with Crippen LogP contribution in [0.1, 0.15) is 88.9 Å². The highest BCUT2D eigenvalue weighted by Gasteiger charge is 2.39. The monoisotopic (exact) mass is 867 g/mol. The molecular formula is C48H53N9O7. The fourth-order valence-corrected chi connectivity index (χ4v) is 9.51. The summed E-state index contributed by atoms with van der Waals surface area (Å²) in [5.41, 5.74) is 7.34. The van der Waals surface area contributed by atoms with Crippen molar-refractivity contribution in [3.63, 3.8) is 0 Å². The topological polar surface area (TPSA) is 200 Å². The Morgan fingerprint density at radius 2 is 1.34 bits per heavy atom. The van der Waals surface area contributed by atoms with Crippen molar-refractivity contribution in [2.24, 2.45) is 11.8 Å². The summed E-state index contributed by atoms with van der Waals surface area (Å²) >= 11 is 0. The number of aromatic nitrogens is 5. The molecule has 332 valence electrons. The number of nitrogens with zero attached hydrogens (tertiary/aromatic N) is 5. The van der Waals surface area contributed by atoms with Crippen LogP contribution in [0.15, 0.2) is 85.2 Å². The lowest BCUT2D eigenvalue weighted by Crippen LogP contribution is -2.51. The predicted molar refractivity (Wildman–Crippen MR) is 239 cm³/mol. The third-order valence-electron chi connectivity index (χ3n) is 12.8. The maximum Gasteiger partial charge on any atom is 0.407 e. The number of fused-ring (bicyclic) bond motifs is 5. The van der Waals surface area contributed by atoms with E-state index in [0.717, 1.165) is 69.5 Å². The Hall–Kier alpha value is -7.10. The number of ether oxygens (including phenoxy) is 2. The quantitative estimate of drug-likeness (QED) is 0.0855. The van der Waals surface area contributed by atoms with Gasteiger partial charge in [0.05, 0.1) is 54.2 Å². The molecule has 0 bridgehead atoms. The lowest BCUT2D eigenvalue weighted by atomic mass is 10.0. The van der Waals surface area contributed by atoms with E-state index in [9.17, 15) is 24.3 Å². The number of benzene rings is 3. The first-order valence-corrected chi connectivity index (χ1v) is 22.0.